The average molecular weight is 285 g/mol. The van der Waals surface area contributed by atoms with Gasteiger partial charge in [-0.15, -0.1) is 0 Å². The van der Waals surface area contributed by atoms with Crippen molar-refractivity contribution in [1.82, 2.24) is 4.98 Å². The summed E-state index contributed by atoms with van der Waals surface area (Å²) in [6, 6.07) is 2.27. The lowest BCUT2D eigenvalue weighted by Gasteiger charge is -2.20. The molecule has 3 N–H and O–H groups in total. The van der Waals surface area contributed by atoms with E-state index in [1.165, 1.54) is 13.0 Å². The molecule has 0 aliphatic heterocycles. The lowest BCUT2D eigenvalue weighted by atomic mass is 10.1. The Morgan fingerprint density at radius 1 is 1.60 bits per heavy atom. The number of esters is 1. The molecule has 1 aromatic rings. The van der Waals surface area contributed by atoms with E-state index in [2.05, 4.69) is 15.0 Å². The van der Waals surface area contributed by atoms with E-state index in [0.717, 1.165) is 13.2 Å². The number of aliphatic hydroxyl groups excluding tert-OH is 1. The number of aliphatic hydroxyl groups is 2. The van der Waals surface area contributed by atoms with E-state index in [9.17, 15) is 20.0 Å². The van der Waals surface area contributed by atoms with Crippen molar-refractivity contribution in [2.45, 2.75) is 12.5 Å². The predicted octanol–water partition coefficient (Wildman–Crippen LogP) is -0.0684. The number of nitrogens with one attached hydrogen (secondary N) is 1. The van der Waals surface area contributed by atoms with Crippen molar-refractivity contribution < 1.29 is 24.7 Å². The molecule has 9 heteroatoms. The molecule has 0 aliphatic carbocycles. The van der Waals surface area contributed by atoms with E-state index >= 15 is 0 Å². The monoisotopic (exact) mass is 285 g/mol. The zero-order chi connectivity index (χ0) is 15.3. The fraction of sp³-hybridized carbons (Fsp3) is 0.455. The fourth-order valence-electron chi connectivity index (χ4n) is 1.28. The van der Waals surface area contributed by atoms with Crippen molar-refractivity contribution in [1.29, 1.82) is 0 Å². The molecule has 1 atom stereocenters. The van der Waals surface area contributed by atoms with Gasteiger partial charge >= 0.3 is 11.7 Å². The summed E-state index contributed by atoms with van der Waals surface area (Å²) in [6.07, 6.45) is 0. The van der Waals surface area contributed by atoms with Gasteiger partial charge in [0.05, 0.1) is 18.6 Å². The molecule has 0 bridgehead atoms. The molecule has 0 spiro atoms. The number of rotatable bonds is 6. The first-order valence-corrected chi connectivity index (χ1v) is 5.61. The third-order valence-corrected chi connectivity index (χ3v) is 2.44. The Morgan fingerprint density at radius 3 is 2.75 bits per heavy atom. The molecule has 1 unspecified atom stereocenters. The summed E-state index contributed by atoms with van der Waals surface area (Å²) >= 11 is 0. The molecular formula is C11H15N3O6. The van der Waals surface area contributed by atoms with Crippen LogP contribution in [0, 0.1) is 10.1 Å². The van der Waals surface area contributed by atoms with Crippen LogP contribution in [-0.2, 0) is 4.74 Å². The molecule has 9 nitrogen and oxygen atoms in total. The van der Waals surface area contributed by atoms with Crippen molar-refractivity contribution >= 4 is 17.5 Å². The molecule has 0 aromatic carbocycles. The van der Waals surface area contributed by atoms with E-state index in [4.69, 9.17) is 5.11 Å². The zero-order valence-corrected chi connectivity index (χ0v) is 11.0. The Morgan fingerprint density at radius 2 is 2.25 bits per heavy atom. The van der Waals surface area contributed by atoms with Crippen LogP contribution in [0.3, 0.4) is 0 Å². The number of methoxy groups -OCH3 is 1. The third-order valence-electron chi connectivity index (χ3n) is 2.44. The van der Waals surface area contributed by atoms with Gasteiger partial charge in [-0.25, -0.2) is 9.78 Å². The molecule has 0 radical (unpaired) electrons. The maximum absolute atomic E-state index is 11.3. The van der Waals surface area contributed by atoms with Crippen molar-refractivity contribution in [3.8, 4) is 0 Å². The molecule has 0 fully saturated rings. The summed E-state index contributed by atoms with van der Waals surface area (Å²) in [5.41, 5.74) is -1.94. The van der Waals surface area contributed by atoms with Gasteiger partial charge in [0.15, 0.2) is 5.69 Å². The Labute approximate surface area is 114 Å². The standard InChI is InChI=1S/C11H15N3O6/c1-11(17,6-15)5-12-9-8(14(18)19)4-3-7(13-9)10(16)20-2/h3-4,15,17H,5-6H2,1-2H3,(H,12,13). The topological polar surface area (TPSA) is 135 Å². The first-order valence-electron chi connectivity index (χ1n) is 5.61. The molecule has 1 rings (SSSR count). The molecule has 0 amide bonds. The fourth-order valence-corrected chi connectivity index (χ4v) is 1.28. The minimum atomic E-state index is -1.48. The van der Waals surface area contributed by atoms with E-state index in [1.54, 1.807) is 0 Å². The van der Waals surface area contributed by atoms with Gasteiger partial charge in [-0.05, 0) is 13.0 Å². The minimum Gasteiger partial charge on any atom is -0.464 e. The Kier molecular flexibility index (Phi) is 4.94. The number of anilines is 1. The van der Waals surface area contributed by atoms with Crippen LogP contribution in [0.25, 0.3) is 0 Å². The van der Waals surface area contributed by atoms with Crippen molar-refractivity contribution in [3.63, 3.8) is 0 Å². The molecule has 110 valence electrons. The first-order chi connectivity index (χ1) is 9.30. The smallest absolute Gasteiger partial charge is 0.356 e. The van der Waals surface area contributed by atoms with E-state index in [-0.39, 0.29) is 23.7 Å². The quantitative estimate of drug-likeness (QED) is 0.375. The van der Waals surface area contributed by atoms with Crippen LogP contribution < -0.4 is 5.32 Å². The molecule has 0 aliphatic rings. The average Bonchev–Trinajstić information content (AvgIpc) is 2.43. The lowest BCUT2D eigenvalue weighted by Crippen LogP contribution is -2.37. The maximum atomic E-state index is 11.3. The number of nitrogens with zero attached hydrogens (tertiary/aromatic N) is 2. The van der Waals surface area contributed by atoms with Crippen molar-refractivity contribution in [2.24, 2.45) is 0 Å². The summed E-state index contributed by atoms with van der Waals surface area (Å²) in [4.78, 5) is 25.3. The second-order valence-corrected chi connectivity index (χ2v) is 4.32. The summed E-state index contributed by atoms with van der Waals surface area (Å²) in [5, 5.41) is 31.9. The molecular weight excluding hydrogens is 270 g/mol. The summed E-state index contributed by atoms with van der Waals surface area (Å²) < 4.78 is 4.47. The Balaban J connectivity index is 3.06. The third kappa shape index (κ3) is 3.87. The molecule has 0 saturated carbocycles. The van der Waals surface area contributed by atoms with Crippen LogP contribution >= 0.6 is 0 Å². The van der Waals surface area contributed by atoms with Gasteiger partial charge < -0.3 is 20.3 Å². The summed E-state index contributed by atoms with van der Waals surface area (Å²) in [7, 11) is 1.16. The van der Waals surface area contributed by atoms with Crippen LogP contribution in [0.15, 0.2) is 12.1 Å². The number of carbonyl (C=O) groups excluding carboxylic acids is 1. The highest BCUT2D eigenvalue weighted by atomic mass is 16.6. The molecule has 1 heterocycles. The van der Waals surface area contributed by atoms with Crippen LogP contribution in [0.4, 0.5) is 11.5 Å². The highest BCUT2D eigenvalue weighted by Gasteiger charge is 2.23. The number of aromatic nitrogens is 1. The van der Waals surface area contributed by atoms with Crippen molar-refractivity contribution in [3.05, 3.63) is 27.9 Å². The zero-order valence-electron chi connectivity index (χ0n) is 11.0. The number of carbonyl (C=O) groups is 1. The molecule has 1 aromatic heterocycles. The number of hydrogen-bond acceptors (Lipinski definition) is 8. The van der Waals surface area contributed by atoms with Crippen LogP contribution in [0.1, 0.15) is 17.4 Å². The molecule has 20 heavy (non-hydrogen) atoms. The van der Waals surface area contributed by atoms with Gasteiger partial charge in [0.25, 0.3) is 0 Å². The van der Waals surface area contributed by atoms with Gasteiger partial charge in [0.2, 0.25) is 5.82 Å². The maximum Gasteiger partial charge on any atom is 0.356 e. The van der Waals surface area contributed by atoms with Crippen molar-refractivity contribution in [2.75, 3.05) is 25.6 Å². The van der Waals surface area contributed by atoms with E-state index in [0.29, 0.717) is 0 Å². The number of nitro groups is 1. The minimum absolute atomic E-state index is 0.107. The van der Waals surface area contributed by atoms with Crippen LogP contribution in [0.2, 0.25) is 0 Å². The highest BCUT2D eigenvalue weighted by molar-refractivity contribution is 5.88. The normalized spacial score (nSPS) is 13.4. The van der Waals surface area contributed by atoms with E-state index < -0.39 is 23.1 Å². The van der Waals surface area contributed by atoms with Gasteiger partial charge in [0, 0.05) is 12.6 Å². The number of pyridine rings is 1. The van der Waals surface area contributed by atoms with E-state index in [1.807, 2.05) is 0 Å². The summed E-state index contributed by atoms with van der Waals surface area (Å²) in [6.45, 7) is 0.627. The highest BCUT2D eigenvalue weighted by Crippen LogP contribution is 2.23. The number of hydrogen-bond donors (Lipinski definition) is 3. The van der Waals surface area contributed by atoms with Crippen LogP contribution in [0.5, 0.6) is 0 Å². The largest absolute Gasteiger partial charge is 0.464 e. The summed E-state index contributed by atoms with van der Waals surface area (Å²) in [5.74, 6) is -0.927. The second-order valence-electron chi connectivity index (χ2n) is 4.32. The van der Waals surface area contributed by atoms with Gasteiger partial charge in [-0.2, -0.15) is 0 Å². The van der Waals surface area contributed by atoms with Crippen LogP contribution in [-0.4, -0.2) is 52.0 Å². The predicted molar refractivity (Wildman–Crippen MR) is 68.4 cm³/mol. The second kappa shape index (κ2) is 6.26. The lowest BCUT2D eigenvalue weighted by molar-refractivity contribution is -0.384. The Bertz CT molecular complexity index is 517. The van der Waals surface area contributed by atoms with Gasteiger partial charge in [-0.1, -0.05) is 0 Å². The molecule has 0 saturated heterocycles. The SMILES string of the molecule is COC(=O)c1ccc([N+](=O)[O-])c(NCC(C)(O)CO)n1. The van der Waals surface area contributed by atoms with Gasteiger partial charge in [-0.3, -0.25) is 10.1 Å². The Hall–Kier alpha value is -2.26. The van der Waals surface area contributed by atoms with Gasteiger partial charge in [0.1, 0.15) is 5.60 Å². The number of ether oxygens (including phenoxy) is 1. The first kappa shape index (κ1) is 15.8.